The minimum absolute atomic E-state index is 0. The van der Waals surface area contributed by atoms with E-state index in [4.69, 9.17) is 11.5 Å². The fourth-order valence-corrected chi connectivity index (χ4v) is 1.31. The van der Waals surface area contributed by atoms with Gasteiger partial charge in [0.15, 0.2) is 0 Å². The zero-order valence-electron chi connectivity index (χ0n) is 7.44. The molecular formula is C10H12Cl2N2. The van der Waals surface area contributed by atoms with Gasteiger partial charge in [0.25, 0.3) is 0 Å². The molecule has 0 spiro atoms. The maximum absolute atomic E-state index is 5.79. The molecule has 14 heavy (non-hydrogen) atoms. The second kappa shape index (κ2) is 4.94. The number of rotatable bonds is 0. The second-order valence-corrected chi connectivity index (χ2v) is 2.79. The van der Waals surface area contributed by atoms with Crippen molar-refractivity contribution < 1.29 is 0 Å². The molecule has 0 aromatic heterocycles. The summed E-state index contributed by atoms with van der Waals surface area (Å²) in [6.45, 7) is 0. The summed E-state index contributed by atoms with van der Waals surface area (Å²) in [4.78, 5) is 0. The molecule has 2 aromatic carbocycles. The largest absolute Gasteiger partial charge is 0.397 e. The number of anilines is 2. The van der Waals surface area contributed by atoms with Crippen LogP contribution in [0.5, 0.6) is 0 Å². The van der Waals surface area contributed by atoms with Gasteiger partial charge in [0.2, 0.25) is 0 Å². The highest BCUT2D eigenvalue weighted by molar-refractivity contribution is 5.98. The first-order chi connectivity index (χ1) is 5.79. The van der Waals surface area contributed by atoms with Crippen molar-refractivity contribution in [2.24, 2.45) is 0 Å². The highest BCUT2D eigenvalue weighted by atomic mass is 35.5. The molecule has 0 aliphatic heterocycles. The SMILES string of the molecule is Cl.Cl.Nc1ccc2ccccc2c1N. The number of hydrogen-bond acceptors (Lipinski definition) is 2. The monoisotopic (exact) mass is 230 g/mol. The van der Waals surface area contributed by atoms with E-state index < -0.39 is 0 Å². The normalized spacial score (nSPS) is 8.86. The predicted octanol–water partition coefficient (Wildman–Crippen LogP) is 2.85. The van der Waals surface area contributed by atoms with Gasteiger partial charge in [-0.2, -0.15) is 0 Å². The Kier molecular flexibility index (Phi) is 4.54. The van der Waals surface area contributed by atoms with Crippen LogP contribution in [0.25, 0.3) is 10.8 Å². The van der Waals surface area contributed by atoms with Gasteiger partial charge in [0.05, 0.1) is 11.4 Å². The Bertz CT molecular complexity index is 429. The molecular weight excluding hydrogens is 219 g/mol. The minimum Gasteiger partial charge on any atom is -0.397 e. The molecule has 0 aliphatic carbocycles. The van der Waals surface area contributed by atoms with E-state index in [1.54, 1.807) is 0 Å². The summed E-state index contributed by atoms with van der Waals surface area (Å²) in [6.07, 6.45) is 0. The van der Waals surface area contributed by atoms with E-state index in [0.717, 1.165) is 10.8 Å². The van der Waals surface area contributed by atoms with Crippen LogP contribution < -0.4 is 11.5 Å². The Morgan fingerprint density at radius 3 is 2.14 bits per heavy atom. The molecule has 2 aromatic rings. The van der Waals surface area contributed by atoms with Crippen LogP contribution in [0.2, 0.25) is 0 Å². The highest BCUT2D eigenvalue weighted by Crippen LogP contribution is 2.25. The smallest absolute Gasteiger partial charge is 0.0627 e. The maximum atomic E-state index is 5.79. The van der Waals surface area contributed by atoms with E-state index in [2.05, 4.69) is 0 Å². The lowest BCUT2D eigenvalue weighted by molar-refractivity contribution is 1.71. The van der Waals surface area contributed by atoms with Gasteiger partial charge in [0, 0.05) is 5.39 Å². The predicted molar refractivity (Wildman–Crippen MR) is 67.3 cm³/mol. The molecule has 2 nitrogen and oxygen atoms in total. The highest BCUT2D eigenvalue weighted by Gasteiger charge is 1.98. The van der Waals surface area contributed by atoms with Gasteiger partial charge in [-0.15, -0.1) is 24.8 Å². The molecule has 0 radical (unpaired) electrons. The van der Waals surface area contributed by atoms with Crippen LogP contribution in [0.1, 0.15) is 0 Å². The zero-order chi connectivity index (χ0) is 8.55. The first-order valence-electron chi connectivity index (χ1n) is 3.82. The van der Waals surface area contributed by atoms with E-state index in [1.165, 1.54) is 0 Å². The Balaban J connectivity index is 0.000000845. The number of benzene rings is 2. The fourth-order valence-electron chi connectivity index (χ4n) is 1.31. The summed E-state index contributed by atoms with van der Waals surface area (Å²) >= 11 is 0. The van der Waals surface area contributed by atoms with E-state index >= 15 is 0 Å². The van der Waals surface area contributed by atoms with Crippen LogP contribution in [0, 0.1) is 0 Å². The van der Waals surface area contributed by atoms with Gasteiger partial charge >= 0.3 is 0 Å². The number of nitrogens with two attached hydrogens (primary N) is 2. The maximum Gasteiger partial charge on any atom is 0.0627 e. The van der Waals surface area contributed by atoms with Gasteiger partial charge < -0.3 is 11.5 Å². The summed E-state index contributed by atoms with van der Waals surface area (Å²) in [7, 11) is 0. The van der Waals surface area contributed by atoms with E-state index in [1.807, 2.05) is 36.4 Å². The lowest BCUT2D eigenvalue weighted by atomic mass is 10.1. The van der Waals surface area contributed by atoms with Crippen molar-refractivity contribution in [2.75, 3.05) is 11.5 Å². The molecule has 0 amide bonds. The van der Waals surface area contributed by atoms with Crippen molar-refractivity contribution in [2.45, 2.75) is 0 Å². The van der Waals surface area contributed by atoms with Crippen molar-refractivity contribution in [3.8, 4) is 0 Å². The summed E-state index contributed by atoms with van der Waals surface area (Å²) in [6, 6.07) is 11.7. The molecule has 4 N–H and O–H groups in total. The molecule has 0 heterocycles. The molecule has 0 unspecified atom stereocenters. The summed E-state index contributed by atoms with van der Waals surface area (Å²) in [5.41, 5.74) is 12.8. The van der Waals surface area contributed by atoms with E-state index in [-0.39, 0.29) is 24.8 Å². The molecule has 0 fully saturated rings. The van der Waals surface area contributed by atoms with Crippen molar-refractivity contribution in [1.29, 1.82) is 0 Å². The average molecular weight is 231 g/mol. The third kappa shape index (κ3) is 2.03. The van der Waals surface area contributed by atoms with Gasteiger partial charge in [0.1, 0.15) is 0 Å². The molecule has 2 rings (SSSR count). The quantitative estimate of drug-likeness (QED) is 0.685. The second-order valence-electron chi connectivity index (χ2n) is 2.79. The molecule has 4 heteroatoms. The van der Waals surface area contributed by atoms with Gasteiger partial charge in [-0.05, 0) is 11.5 Å². The number of halogens is 2. The number of fused-ring (bicyclic) bond motifs is 1. The average Bonchev–Trinajstić information content (AvgIpc) is 2.12. The summed E-state index contributed by atoms with van der Waals surface area (Å²) < 4.78 is 0. The summed E-state index contributed by atoms with van der Waals surface area (Å²) in [5, 5.41) is 2.15. The lowest BCUT2D eigenvalue weighted by Crippen LogP contribution is -1.94. The van der Waals surface area contributed by atoms with Crippen LogP contribution in [0.4, 0.5) is 11.4 Å². The van der Waals surface area contributed by atoms with Crippen molar-refractivity contribution >= 4 is 47.0 Å². The third-order valence-electron chi connectivity index (χ3n) is 2.00. The van der Waals surface area contributed by atoms with Crippen LogP contribution in [-0.4, -0.2) is 0 Å². The van der Waals surface area contributed by atoms with Gasteiger partial charge in [-0.1, -0.05) is 30.3 Å². The third-order valence-corrected chi connectivity index (χ3v) is 2.00. The van der Waals surface area contributed by atoms with E-state index in [9.17, 15) is 0 Å². The van der Waals surface area contributed by atoms with E-state index in [0.29, 0.717) is 11.4 Å². The van der Waals surface area contributed by atoms with Crippen molar-refractivity contribution in [3.63, 3.8) is 0 Å². The summed E-state index contributed by atoms with van der Waals surface area (Å²) in [5.74, 6) is 0. The first-order valence-corrected chi connectivity index (χ1v) is 3.82. The Morgan fingerprint density at radius 2 is 1.43 bits per heavy atom. The first kappa shape index (κ1) is 12.9. The van der Waals surface area contributed by atoms with Crippen LogP contribution in [0.3, 0.4) is 0 Å². The van der Waals surface area contributed by atoms with Crippen LogP contribution in [0.15, 0.2) is 36.4 Å². The van der Waals surface area contributed by atoms with Crippen LogP contribution >= 0.6 is 24.8 Å². The van der Waals surface area contributed by atoms with Gasteiger partial charge in [-0.25, -0.2) is 0 Å². The zero-order valence-corrected chi connectivity index (χ0v) is 9.07. The van der Waals surface area contributed by atoms with Crippen molar-refractivity contribution in [1.82, 2.24) is 0 Å². The number of hydrogen-bond donors (Lipinski definition) is 2. The molecule has 0 bridgehead atoms. The molecule has 76 valence electrons. The molecule has 0 saturated carbocycles. The lowest BCUT2D eigenvalue weighted by Gasteiger charge is -2.03. The topological polar surface area (TPSA) is 52.0 Å². The Morgan fingerprint density at radius 1 is 0.786 bits per heavy atom. The fraction of sp³-hybridized carbons (Fsp3) is 0. The standard InChI is InChI=1S/C10H10N2.2ClH/c11-9-6-5-7-3-1-2-4-8(7)10(9)12;;/h1-6H,11-12H2;2*1H. The van der Waals surface area contributed by atoms with Crippen LogP contribution in [-0.2, 0) is 0 Å². The number of nitrogen functional groups attached to an aromatic ring is 2. The molecule has 0 saturated heterocycles. The van der Waals surface area contributed by atoms with Gasteiger partial charge in [-0.3, -0.25) is 0 Å². The van der Waals surface area contributed by atoms with Crippen molar-refractivity contribution in [3.05, 3.63) is 36.4 Å². The Hall–Kier alpha value is -1.12. The molecule has 0 aliphatic rings. The molecule has 0 atom stereocenters. The minimum atomic E-state index is 0. The Labute approximate surface area is 95.1 Å².